The van der Waals surface area contributed by atoms with E-state index in [9.17, 15) is 5.11 Å². The zero-order chi connectivity index (χ0) is 16.9. The standard InChI is InChI=1S/C21H32NO/c1-5-22(4,18(2)3)17-11-16-21(23,20-14-9-10-15-20)19-12-7-6-8-13-19/h6-8,12-13,18,20,23H,5,9-10,14-15,17H2,1-4H3/q+1/t21-,22-/m1/s1. The highest BCUT2D eigenvalue weighted by molar-refractivity contribution is 5.33. The first-order valence-corrected chi connectivity index (χ1v) is 9.04. The van der Waals surface area contributed by atoms with Crippen molar-refractivity contribution < 1.29 is 9.59 Å². The molecular weight excluding hydrogens is 282 g/mol. The first-order valence-electron chi connectivity index (χ1n) is 9.04. The summed E-state index contributed by atoms with van der Waals surface area (Å²) < 4.78 is 0.919. The quantitative estimate of drug-likeness (QED) is 0.644. The first-order chi connectivity index (χ1) is 10.9. The topological polar surface area (TPSA) is 20.2 Å². The molecule has 0 bridgehead atoms. The summed E-state index contributed by atoms with van der Waals surface area (Å²) in [5, 5.41) is 11.4. The van der Waals surface area contributed by atoms with Crippen molar-refractivity contribution in [1.82, 2.24) is 0 Å². The van der Waals surface area contributed by atoms with Crippen molar-refractivity contribution in [2.75, 3.05) is 20.1 Å². The molecule has 2 atom stereocenters. The van der Waals surface area contributed by atoms with Gasteiger partial charge in [0.1, 0.15) is 6.54 Å². The second-order valence-electron chi connectivity index (χ2n) is 7.46. The number of benzene rings is 1. The van der Waals surface area contributed by atoms with Gasteiger partial charge >= 0.3 is 0 Å². The predicted molar refractivity (Wildman–Crippen MR) is 96.8 cm³/mol. The molecule has 0 aromatic heterocycles. The Bertz CT molecular complexity index is 550. The van der Waals surface area contributed by atoms with Crippen LogP contribution >= 0.6 is 0 Å². The second-order valence-corrected chi connectivity index (χ2v) is 7.46. The second kappa shape index (κ2) is 7.51. The van der Waals surface area contributed by atoms with Crippen LogP contribution in [0.3, 0.4) is 0 Å². The minimum absolute atomic E-state index is 0.261. The van der Waals surface area contributed by atoms with Crippen molar-refractivity contribution in [3.63, 3.8) is 0 Å². The lowest BCUT2D eigenvalue weighted by Crippen LogP contribution is -2.49. The van der Waals surface area contributed by atoms with Crippen molar-refractivity contribution in [3.05, 3.63) is 35.9 Å². The number of quaternary nitrogens is 1. The Morgan fingerprint density at radius 1 is 1.22 bits per heavy atom. The summed E-state index contributed by atoms with van der Waals surface area (Å²) in [6, 6.07) is 10.6. The summed E-state index contributed by atoms with van der Waals surface area (Å²) in [5.74, 6) is 6.90. The van der Waals surface area contributed by atoms with Crippen LogP contribution < -0.4 is 0 Å². The van der Waals surface area contributed by atoms with Crippen molar-refractivity contribution >= 4 is 0 Å². The van der Waals surface area contributed by atoms with Gasteiger partial charge in [0.25, 0.3) is 0 Å². The molecular formula is C21H32NO+. The Hall–Kier alpha value is -1.30. The molecule has 0 aliphatic heterocycles. The monoisotopic (exact) mass is 314 g/mol. The molecule has 1 saturated carbocycles. The van der Waals surface area contributed by atoms with Gasteiger partial charge in [-0.05, 0) is 45.1 Å². The lowest BCUT2D eigenvalue weighted by atomic mass is 9.80. The number of nitrogens with zero attached hydrogens (tertiary/aromatic N) is 1. The van der Waals surface area contributed by atoms with Gasteiger partial charge in [0, 0.05) is 5.92 Å². The maximum atomic E-state index is 11.4. The van der Waals surface area contributed by atoms with Crippen LogP contribution in [0.15, 0.2) is 30.3 Å². The minimum atomic E-state index is -0.993. The molecule has 1 N–H and O–H groups in total. The van der Waals surface area contributed by atoms with Gasteiger partial charge in [0.05, 0.1) is 19.6 Å². The zero-order valence-corrected chi connectivity index (χ0v) is 15.2. The minimum Gasteiger partial charge on any atom is -0.373 e. The normalized spacial score (nSPS) is 20.6. The van der Waals surface area contributed by atoms with Crippen LogP contribution in [0.1, 0.15) is 52.0 Å². The number of rotatable bonds is 5. The highest BCUT2D eigenvalue weighted by Crippen LogP contribution is 2.40. The molecule has 0 radical (unpaired) electrons. The number of hydrogen-bond donors (Lipinski definition) is 1. The van der Waals surface area contributed by atoms with E-state index in [4.69, 9.17) is 0 Å². The van der Waals surface area contributed by atoms with Crippen LogP contribution in [0.5, 0.6) is 0 Å². The number of hydrogen-bond acceptors (Lipinski definition) is 1. The van der Waals surface area contributed by atoms with Gasteiger partial charge < -0.3 is 9.59 Å². The van der Waals surface area contributed by atoms with E-state index >= 15 is 0 Å². The Labute approximate surface area is 142 Å². The summed E-state index contributed by atoms with van der Waals surface area (Å²) in [4.78, 5) is 0. The maximum absolute atomic E-state index is 11.4. The van der Waals surface area contributed by atoms with Gasteiger partial charge in [-0.1, -0.05) is 49.1 Å². The average molecular weight is 314 g/mol. The van der Waals surface area contributed by atoms with Crippen molar-refractivity contribution in [2.24, 2.45) is 5.92 Å². The molecule has 1 aliphatic carbocycles. The molecule has 1 aromatic rings. The van der Waals surface area contributed by atoms with E-state index in [-0.39, 0.29) is 5.92 Å². The molecule has 2 nitrogen and oxygen atoms in total. The van der Waals surface area contributed by atoms with Crippen molar-refractivity contribution in [1.29, 1.82) is 0 Å². The van der Waals surface area contributed by atoms with Crippen molar-refractivity contribution in [3.8, 4) is 11.8 Å². The van der Waals surface area contributed by atoms with E-state index in [0.29, 0.717) is 6.04 Å². The summed E-state index contributed by atoms with van der Waals surface area (Å²) in [7, 11) is 2.25. The van der Waals surface area contributed by atoms with Crippen LogP contribution in [0, 0.1) is 17.8 Å². The Balaban J connectivity index is 2.28. The molecule has 0 unspecified atom stereocenters. The third-order valence-corrected chi connectivity index (χ3v) is 5.85. The van der Waals surface area contributed by atoms with Crippen LogP contribution in [0.2, 0.25) is 0 Å². The summed E-state index contributed by atoms with van der Waals surface area (Å²) in [5.41, 5.74) is -0.0394. The number of aliphatic hydroxyl groups is 1. The predicted octanol–water partition coefficient (Wildman–Crippen LogP) is 3.94. The van der Waals surface area contributed by atoms with E-state index in [1.807, 2.05) is 30.3 Å². The lowest BCUT2D eigenvalue weighted by Gasteiger charge is -2.36. The van der Waals surface area contributed by atoms with Crippen LogP contribution in [-0.4, -0.2) is 35.8 Å². The molecule has 1 aliphatic rings. The summed E-state index contributed by atoms with van der Waals surface area (Å²) in [6.45, 7) is 8.54. The van der Waals surface area contributed by atoms with Crippen LogP contribution in [0.25, 0.3) is 0 Å². The molecule has 0 amide bonds. The molecule has 1 fully saturated rings. The van der Waals surface area contributed by atoms with Gasteiger partial charge in [0.2, 0.25) is 0 Å². The maximum Gasteiger partial charge on any atom is 0.153 e. The van der Waals surface area contributed by atoms with Gasteiger partial charge in [-0.15, -0.1) is 0 Å². The third-order valence-electron chi connectivity index (χ3n) is 5.85. The molecule has 2 heteroatoms. The molecule has 0 spiro atoms. The van der Waals surface area contributed by atoms with Gasteiger partial charge in [0.15, 0.2) is 5.60 Å². The van der Waals surface area contributed by atoms with Crippen LogP contribution in [-0.2, 0) is 5.60 Å². The zero-order valence-electron chi connectivity index (χ0n) is 15.2. The molecule has 23 heavy (non-hydrogen) atoms. The van der Waals surface area contributed by atoms with Gasteiger partial charge in [-0.3, -0.25) is 0 Å². The summed E-state index contributed by atoms with van der Waals surface area (Å²) in [6.07, 6.45) is 4.56. The molecule has 0 heterocycles. The fourth-order valence-electron chi connectivity index (χ4n) is 3.46. The largest absolute Gasteiger partial charge is 0.373 e. The smallest absolute Gasteiger partial charge is 0.153 e. The molecule has 0 saturated heterocycles. The van der Waals surface area contributed by atoms with E-state index in [2.05, 4.69) is 39.7 Å². The van der Waals surface area contributed by atoms with E-state index in [0.717, 1.165) is 36.0 Å². The fourth-order valence-corrected chi connectivity index (χ4v) is 3.46. The Kier molecular flexibility index (Phi) is 5.89. The molecule has 1 aromatic carbocycles. The summed E-state index contributed by atoms with van der Waals surface area (Å²) >= 11 is 0. The fraction of sp³-hybridized carbons (Fsp3) is 0.619. The average Bonchev–Trinajstić information content (AvgIpc) is 3.10. The molecule has 2 rings (SSSR count). The highest BCUT2D eigenvalue weighted by atomic mass is 16.3. The Morgan fingerprint density at radius 3 is 2.35 bits per heavy atom. The van der Waals surface area contributed by atoms with Gasteiger partial charge in [-0.25, -0.2) is 0 Å². The van der Waals surface area contributed by atoms with E-state index in [1.165, 1.54) is 12.8 Å². The van der Waals surface area contributed by atoms with E-state index < -0.39 is 5.60 Å². The van der Waals surface area contributed by atoms with E-state index in [1.54, 1.807) is 0 Å². The van der Waals surface area contributed by atoms with Gasteiger partial charge in [-0.2, -0.15) is 0 Å². The lowest BCUT2D eigenvalue weighted by molar-refractivity contribution is -0.921. The molecule has 126 valence electrons. The third kappa shape index (κ3) is 3.97. The van der Waals surface area contributed by atoms with Crippen LogP contribution in [0.4, 0.5) is 0 Å². The van der Waals surface area contributed by atoms with Crippen molar-refractivity contribution in [2.45, 2.75) is 58.1 Å². The SMILES string of the molecule is CC[N@+](C)(CC#C[C@@](O)(c1ccccc1)C1CCCC1)C(C)C. The first kappa shape index (κ1) is 18.0. The Morgan fingerprint density at radius 2 is 1.83 bits per heavy atom. The highest BCUT2D eigenvalue weighted by Gasteiger charge is 2.38.